The standard InChI is InChI=1S/C23H22N4O4S/c28-21(26-13-10-17(11-14-26)23(29)25-20-9-1-2-12-24-20)15-27-18-7-3-5-16-6-4-8-19(22(16)18)32(27,30)31/h1-9,12,17H,10-11,13-15H2,(H,24,25,29). The molecular weight excluding hydrogens is 428 g/mol. The molecule has 164 valence electrons. The molecule has 0 bridgehead atoms. The monoisotopic (exact) mass is 450 g/mol. The van der Waals surface area contributed by atoms with Gasteiger partial charge in [-0.1, -0.05) is 30.3 Å². The summed E-state index contributed by atoms with van der Waals surface area (Å²) < 4.78 is 27.4. The Bertz CT molecular complexity index is 1300. The zero-order chi connectivity index (χ0) is 22.3. The van der Waals surface area contributed by atoms with Gasteiger partial charge in [0.1, 0.15) is 12.4 Å². The van der Waals surface area contributed by atoms with E-state index < -0.39 is 10.0 Å². The van der Waals surface area contributed by atoms with Crippen molar-refractivity contribution in [2.24, 2.45) is 5.92 Å². The molecule has 2 aliphatic heterocycles. The van der Waals surface area contributed by atoms with E-state index in [4.69, 9.17) is 0 Å². The molecule has 32 heavy (non-hydrogen) atoms. The molecule has 0 atom stereocenters. The van der Waals surface area contributed by atoms with Crippen molar-refractivity contribution in [3.63, 3.8) is 0 Å². The Hall–Kier alpha value is -3.46. The summed E-state index contributed by atoms with van der Waals surface area (Å²) in [5, 5.41) is 4.30. The number of likely N-dealkylation sites (tertiary alicyclic amines) is 1. The van der Waals surface area contributed by atoms with Crippen molar-refractivity contribution in [2.45, 2.75) is 17.7 Å². The van der Waals surface area contributed by atoms with E-state index >= 15 is 0 Å². The Kier molecular flexibility index (Phi) is 5.05. The van der Waals surface area contributed by atoms with E-state index in [1.807, 2.05) is 12.1 Å². The van der Waals surface area contributed by atoms with Gasteiger partial charge in [0, 0.05) is 30.6 Å². The van der Waals surface area contributed by atoms with E-state index in [1.165, 1.54) is 4.31 Å². The van der Waals surface area contributed by atoms with Crippen LogP contribution in [0.4, 0.5) is 11.5 Å². The van der Waals surface area contributed by atoms with Gasteiger partial charge in [0.05, 0.1) is 10.6 Å². The van der Waals surface area contributed by atoms with Crippen LogP contribution in [0.2, 0.25) is 0 Å². The van der Waals surface area contributed by atoms with E-state index in [-0.39, 0.29) is 29.2 Å². The van der Waals surface area contributed by atoms with Gasteiger partial charge in [-0.3, -0.25) is 13.9 Å². The van der Waals surface area contributed by atoms with Gasteiger partial charge < -0.3 is 10.2 Å². The minimum absolute atomic E-state index is 0.111. The van der Waals surface area contributed by atoms with E-state index in [0.717, 1.165) is 5.39 Å². The highest BCUT2D eigenvalue weighted by molar-refractivity contribution is 7.93. The molecule has 2 aliphatic rings. The van der Waals surface area contributed by atoms with Gasteiger partial charge in [-0.05, 0) is 42.5 Å². The zero-order valence-corrected chi connectivity index (χ0v) is 18.1. The first-order valence-corrected chi connectivity index (χ1v) is 11.9. The average molecular weight is 451 g/mol. The van der Waals surface area contributed by atoms with Crippen molar-refractivity contribution in [1.82, 2.24) is 9.88 Å². The average Bonchev–Trinajstić information content (AvgIpc) is 3.03. The molecule has 0 radical (unpaired) electrons. The Morgan fingerprint density at radius 2 is 1.75 bits per heavy atom. The lowest BCUT2D eigenvalue weighted by atomic mass is 9.96. The Morgan fingerprint density at radius 1 is 1.00 bits per heavy atom. The van der Waals surface area contributed by atoms with Crippen LogP contribution in [-0.2, 0) is 19.6 Å². The third-order valence-electron chi connectivity index (χ3n) is 6.09. The maximum atomic E-state index is 13.1. The van der Waals surface area contributed by atoms with Crippen LogP contribution in [0, 0.1) is 5.92 Å². The quantitative estimate of drug-likeness (QED) is 0.659. The van der Waals surface area contributed by atoms with E-state index in [0.29, 0.717) is 42.8 Å². The van der Waals surface area contributed by atoms with Crippen molar-refractivity contribution >= 4 is 44.1 Å². The summed E-state index contributed by atoms with van der Waals surface area (Å²) >= 11 is 0. The highest BCUT2D eigenvalue weighted by Crippen LogP contribution is 2.41. The number of pyridine rings is 1. The van der Waals surface area contributed by atoms with E-state index in [9.17, 15) is 18.0 Å². The number of rotatable bonds is 4. The second-order valence-electron chi connectivity index (χ2n) is 8.00. The topological polar surface area (TPSA) is 99.7 Å². The second-order valence-corrected chi connectivity index (χ2v) is 9.83. The lowest BCUT2D eigenvalue weighted by molar-refractivity contribution is -0.133. The third kappa shape index (κ3) is 3.48. The molecule has 2 amide bonds. The maximum absolute atomic E-state index is 13.1. The fraction of sp³-hybridized carbons (Fsp3) is 0.261. The fourth-order valence-corrected chi connectivity index (χ4v) is 6.07. The van der Waals surface area contributed by atoms with Crippen LogP contribution in [-0.4, -0.2) is 49.8 Å². The first kappa shape index (κ1) is 20.4. The molecule has 2 aromatic carbocycles. The van der Waals surface area contributed by atoms with Crippen molar-refractivity contribution in [3.05, 3.63) is 60.8 Å². The van der Waals surface area contributed by atoms with Crippen LogP contribution in [0.3, 0.4) is 0 Å². The third-order valence-corrected chi connectivity index (χ3v) is 7.90. The highest BCUT2D eigenvalue weighted by Gasteiger charge is 2.38. The number of hydrogen-bond acceptors (Lipinski definition) is 5. The normalized spacial score (nSPS) is 17.5. The fourth-order valence-electron chi connectivity index (χ4n) is 4.41. The summed E-state index contributed by atoms with van der Waals surface area (Å²) in [5.41, 5.74) is 0.538. The number of hydrogen-bond donors (Lipinski definition) is 1. The molecule has 1 N–H and O–H groups in total. The number of piperidine rings is 1. The Balaban J connectivity index is 1.25. The molecule has 1 saturated heterocycles. The minimum atomic E-state index is -3.78. The first-order valence-electron chi connectivity index (χ1n) is 10.5. The van der Waals surface area contributed by atoms with Gasteiger partial charge in [0.15, 0.2) is 0 Å². The van der Waals surface area contributed by atoms with Crippen molar-refractivity contribution in [2.75, 3.05) is 29.3 Å². The number of aromatic nitrogens is 1. The molecule has 1 fully saturated rings. The maximum Gasteiger partial charge on any atom is 0.265 e. The Morgan fingerprint density at radius 3 is 2.47 bits per heavy atom. The van der Waals surface area contributed by atoms with Crippen LogP contribution in [0.15, 0.2) is 65.7 Å². The summed E-state index contributed by atoms with van der Waals surface area (Å²) in [7, 11) is -3.78. The molecule has 0 aliphatic carbocycles. The SMILES string of the molecule is O=C(Nc1ccccn1)C1CCN(C(=O)CN2c3cccc4cccc(c34)S2(=O)=O)CC1. The number of carbonyl (C=O) groups excluding carboxylic acids is 2. The second kappa shape index (κ2) is 7.90. The van der Waals surface area contributed by atoms with Gasteiger partial charge in [0.25, 0.3) is 10.0 Å². The number of carbonyl (C=O) groups is 2. The van der Waals surface area contributed by atoms with E-state index in [2.05, 4.69) is 10.3 Å². The molecule has 3 heterocycles. The van der Waals surface area contributed by atoms with Gasteiger partial charge in [-0.15, -0.1) is 0 Å². The van der Waals surface area contributed by atoms with Crippen molar-refractivity contribution in [3.8, 4) is 0 Å². The van der Waals surface area contributed by atoms with Gasteiger partial charge in [0.2, 0.25) is 11.8 Å². The highest BCUT2D eigenvalue weighted by atomic mass is 32.2. The summed E-state index contributed by atoms with van der Waals surface area (Å²) in [6.07, 6.45) is 2.65. The Labute approximate surface area is 185 Å². The molecule has 1 aromatic heterocycles. The van der Waals surface area contributed by atoms with Gasteiger partial charge in [-0.25, -0.2) is 13.4 Å². The number of benzene rings is 2. The van der Waals surface area contributed by atoms with Gasteiger partial charge in [-0.2, -0.15) is 0 Å². The molecule has 0 spiro atoms. The molecule has 0 saturated carbocycles. The predicted octanol–water partition coefficient (Wildman–Crippen LogP) is 2.62. The largest absolute Gasteiger partial charge is 0.341 e. The minimum Gasteiger partial charge on any atom is -0.341 e. The molecule has 5 rings (SSSR count). The first-order chi connectivity index (χ1) is 15.4. The summed E-state index contributed by atoms with van der Waals surface area (Å²) in [4.78, 5) is 31.5. The lowest BCUT2D eigenvalue weighted by Crippen LogP contribution is -2.46. The van der Waals surface area contributed by atoms with Crippen LogP contribution in [0.25, 0.3) is 10.8 Å². The molecule has 8 nitrogen and oxygen atoms in total. The van der Waals surface area contributed by atoms with Crippen LogP contribution in [0.5, 0.6) is 0 Å². The predicted molar refractivity (Wildman–Crippen MR) is 121 cm³/mol. The number of nitrogens with one attached hydrogen (secondary N) is 1. The number of anilines is 2. The van der Waals surface area contributed by atoms with Gasteiger partial charge >= 0.3 is 0 Å². The summed E-state index contributed by atoms with van der Waals surface area (Å²) in [6.45, 7) is 0.565. The molecule has 3 aromatic rings. The van der Waals surface area contributed by atoms with Crippen LogP contribution in [0.1, 0.15) is 12.8 Å². The molecular formula is C23H22N4O4S. The summed E-state index contributed by atoms with van der Waals surface area (Å²) in [6, 6.07) is 15.9. The number of amides is 2. The van der Waals surface area contributed by atoms with Crippen molar-refractivity contribution < 1.29 is 18.0 Å². The van der Waals surface area contributed by atoms with Crippen LogP contribution >= 0.6 is 0 Å². The molecule has 0 unspecified atom stereocenters. The smallest absolute Gasteiger partial charge is 0.265 e. The number of sulfonamides is 1. The van der Waals surface area contributed by atoms with E-state index in [1.54, 1.807) is 53.6 Å². The van der Waals surface area contributed by atoms with Crippen molar-refractivity contribution in [1.29, 1.82) is 0 Å². The lowest BCUT2D eigenvalue weighted by Gasteiger charge is -2.32. The molecule has 9 heteroatoms. The van der Waals surface area contributed by atoms with Crippen LogP contribution < -0.4 is 9.62 Å². The number of nitrogens with zero attached hydrogens (tertiary/aromatic N) is 3. The summed E-state index contributed by atoms with van der Waals surface area (Å²) in [5.74, 6) is -0.0828. The zero-order valence-electron chi connectivity index (χ0n) is 17.3.